The van der Waals surface area contributed by atoms with Crippen LogP contribution < -0.4 is 14.2 Å². The van der Waals surface area contributed by atoms with Crippen LogP contribution in [0, 0.1) is 5.82 Å². The second-order valence-electron chi connectivity index (χ2n) is 7.51. The molecule has 1 amide bonds. The molecule has 1 N–H and O–H groups in total. The van der Waals surface area contributed by atoms with Crippen LogP contribution >= 0.6 is 0 Å². The summed E-state index contributed by atoms with van der Waals surface area (Å²) < 4.78 is 30.4. The van der Waals surface area contributed by atoms with Crippen molar-refractivity contribution in [2.24, 2.45) is 0 Å². The van der Waals surface area contributed by atoms with Gasteiger partial charge in [-0.2, -0.15) is 0 Å². The van der Waals surface area contributed by atoms with E-state index in [1.807, 2.05) is 43.3 Å². The van der Waals surface area contributed by atoms with Gasteiger partial charge in [-0.1, -0.05) is 42.5 Å². The molecule has 1 aliphatic heterocycles. The van der Waals surface area contributed by atoms with E-state index in [2.05, 4.69) is 0 Å². The molecule has 0 fully saturated rings. The quantitative estimate of drug-likeness (QED) is 0.546. The minimum atomic E-state index is -1.34. The third-order valence-corrected chi connectivity index (χ3v) is 5.40. The first-order chi connectivity index (χ1) is 15.9. The fourth-order valence-corrected chi connectivity index (χ4v) is 3.63. The maximum absolute atomic E-state index is 14.2. The van der Waals surface area contributed by atoms with Gasteiger partial charge in [0.05, 0.1) is 6.04 Å². The van der Waals surface area contributed by atoms with E-state index in [0.29, 0.717) is 11.5 Å². The van der Waals surface area contributed by atoms with Gasteiger partial charge < -0.3 is 24.2 Å². The maximum Gasteiger partial charge on any atom is 0.339 e. The number of halogens is 1. The van der Waals surface area contributed by atoms with Crippen LogP contribution in [0.1, 0.15) is 34.5 Å². The molecule has 0 unspecified atom stereocenters. The van der Waals surface area contributed by atoms with Crippen molar-refractivity contribution < 1.29 is 33.3 Å². The summed E-state index contributed by atoms with van der Waals surface area (Å²) in [5.41, 5.74) is 1.37. The number of fused-ring (bicyclic) bond motifs is 1. The van der Waals surface area contributed by atoms with Crippen LogP contribution in [0.15, 0.2) is 66.7 Å². The Morgan fingerprint density at radius 1 is 1.06 bits per heavy atom. The molecule has 33 heavy (non-hydrogen) atoms. The number of carboxylic acid groups (broad SMARTS) is 1. The lowest BCUT2D eigenvalue weighted by Crippen LogP contribution is -2.36. The predicted octanol–water partition coefficient (Wildman–Crippen LogP) is 4.42. The monoisotopic (exact) mass is 451 g/mol. The summed E-state index contributed by atoms with van der Waals surface area (Å²) in [6.07, 6.45) is 0. The van der Waals surface area contributed by atoms with Crippen molar-refractivity contribution in [2.75, 3.05) is 13.4 Å². The summed E-state index contributed by atoms with van der Waals surface area (Å²) in [6.45, 7) is 1.73. The number of benzene rings is 3. The number of carbonyl (C=O) groups is 2. The van der Waals surface area contributed by atoms with Gasteiger partial charge in [-0.05, 0) is 42.3 Å². The van der Waals surface area contributed by atoms with Gasteiger partial charge in [-0.15, -0.1) is 0 Å². The summed E-state index contributed by atoms with van der Waals surface area (Å²) in [7, 11) is 0. The minimum absolute atomic E-state index is 0.143. The normalized spacial score (nSPS) is 12.8. The Kier molecular flexibility index (Phi) is 6.44. The van der Waals surface area contributed by atoms with Crippen LogP contribution in [-0.2, 0) is 11.3 Å². The number of para-hydroxylation sites is 1. The van der Waals surface area contributed by atoms with Crippen LogP contribution in [-0.4, -0.2) is 35.3 Å². The second kappa shape index (κ2) is 9.60. The highest BCUT2D eigenvalue weighted by Crippen LogP contribution is 2.34. The first-order valence-corrected chi connectivity index (χ1v) is 10.3. The number of aromatic carboxylic acids is 1. The van der Waals surface area contributed by atoms with Gasteiger partial charge in [0.15, 0.2) is 29.7 Å². The SMILES string of the molecule is C[C@@H](c1ccccc1)N(Cc1ccc2c(c1)OCO2)C(=O)COc1c(F)cccc1C(=O)O. The van der Waals surface area contributed by atoms with Gasteiger partial charge in [0.25, 0.3) is 5.91 Å². The maximum atomic E-state index is 14.2. The molecule has 0 saturated heterocycles. The molecule has 1 aliphatic rings. The Hall–Kier alpha value is -4.07. The zero-order valence-electron chi connectivity index (χ0n) is 17.9. The highest BCUT2D eigenvalue weighted by molar-refractivity contribution is 5.91. The van der Waals surface area contributed by atoms with Crippen molar-refractivity contribution in [3.8, 4) is 17.2 Å². The number of amides is 1. The molecular formula is C25H22FNO6. The third kappa shape index (κ3) is 4.90. The molecular weight excluding hydrogens is 429 g/mol. The third-order valence-electron chi connectivity index (χ3n) is 5.40. The molecule has 0 radical (unpaired) electrons. The smallest absolute Gasteiger partial charge is 0.339 e. The van der Waals surface area contributed by atoms with Gasteiger partial charge in [-0.25, -0.2) is 9.18 Å². The molecule has 8 heteroatoms. The summed E-state index contributed by atoms with van der Waals surface area (Å²) in [6, 6.07) is 18.1. The zero-order valence-corrected chi connectivity index (χ0v) is 17.9. The number of carboxylic acids is 1. The first-order valence-electron chi connectivity index (χ1n) is 10.3. The van der Waals surface area contributed by atoms with Crippen LogP contribution in [0.4, 0.5) is 4.39 Å². The van der Waals surface area contributed by atoms with E-state index in [4.69, 9.17) is 14.2 Å². The largest absolute Gasteiger partial charge is 0.480 e. The van der Waals surface area contributed by atoms with Crippen molar-refractivity contribution in [1.29, 1.82) is 0 Å². The highest BCUT2D eigenvalue weighted by Gasteiger charge is 2.25. The van der Waals surface area contributed by atoms with E-state index in [1.165, 1.54) is 12.1 Å². The zero-order chi connectivity index (χ0) is 23.4. The minimum Gasteiger partial charge on any atom is -0.480 e. The van der Waals surface area contributed by atoms with E-state index in [-0.39, 0.29) is 24.9 Å². The van der Waals surface area contributed by atoms with E-state index >= 15 is 0 Å². The highest BCUT2D eigenvalue weighted by atomic mass is 19.1. The number of hydrogen-bond donors (Lipinski definition) is 1. The van der Waals surface area contributed by atoms with Crippen LogP contribution in [0.5, 0.6) is 17.2 Å². The van der Waals surface area contributed by atoms with Gasteiger partial charge in [-0.3, -0.25) is 4.79 Å². The second-order valence-corrected chi connectivity index (χ2v) is 7.51. The lowest BCUT2D eigenvalue weighted by Gasteiger charge is -2.30. The summed E-state index contributed by atoms with van der Waals surface area (Å²) >= 11 is 0. The molecule has 0 spiro atoms. The first kappa shape index (κ1) is 22.1. The molecule has 0 saturated carbocycles. The standard InChI is InChI=1S/C25H22FNO6/c1-16(18-6-3-2-4-7-18)27(13-17-10-11-21-22(12-17)33-15-32-21)23(28)14-31-24-19(25(29)30)8-5-9-20(24)26/h2-12,16H,13-15H2,1H3,(H,29,30)/t16-/m0/s1. The van der Waals surface area contributed by atoms with E-state index < -0.39 is 30.1 Å². The topological polar surface area (TPSA) is 85.3 Å². The van der Waals surface area contributed by atoms with Crippen molar-refractivity contribution in [3.63, 3.8) is 0 Å². The summed E-state index contributed by atoms with van der Waals surface area (Å²) in [5, 5.41) is 9.31. The Morgan fingerprint density at radius 2 is 1.82 bits per heavy atom. The molecule has 3 aromatic carbocycles. The Morgan fingerprint density at radius 3 is 2.58 bits per heavy atom. The number of rotatable bonds is 8. The van der Waals surface area contributed by atoms with Crippen molar-refractivity contribution in [3.05, 3.63) is 89.2 Å². The average molecular weight is 451 g/mol. The fourth-order valence-electron chi connectivity index (χ4n) is 3.63. The summed E-state index contributed by atoms with van der Waals surface area (Å²) in [5.74, 6) is -1.84. The van der Waals surface area contributed by atoms with Gasteiger partial charge in [0.1, 0.15) is 5.56 Å². The van der Waals surface area contributed by atoms with E-state index in [1.54, 1.807) is 17.0 Å². The van der Waals surface area contributed by atoms with Gasteiger partial charge >= 0.3 is 5.97 Å². The van der Waals surface area contributed by atoms with Crippen molar-refractivity contribution in [2.45, 2.75) is 19.5 Å². The van der Waals surface area contributed by atoms with Crippen molar-refractivity contribution in [1.82, 2.24) is 4.90 Å². The molecule has 0 aliphatic carbocycles. The Labute approximate surface area is 189 Å². The fraction of sp³-hybridized carbons (Fsp3) is 0.200. The molecule has 3 aromatic rings. The number of carbonyl (C=O) groups excluding carboxylic acids is 1. The average Bonchev–Trinajstić information content (AvgIpc) is 3.29. The van der Waals surface area contributed by atoms with Gasteiger partial charge in [0.2, 0.25) is 6.79 Å². The Balaban J connectivity index is 1.58. The van der Waals surface area contributed by atoms with Crippen molar-refractivity contribution >= 4 is 11.9 Å². The van der Waals surface area contributed by atoms with E-state index in [0.717, 1.165) is 17.2 Å². The van der Waals surface area contributed by atoms with Gasteiger partial charge in [0, 0.05) is 6.54 Å². The van der Waals surface area contributed by atoms with E-state index in [9.17, 15) is 19.1 Å². The van der Waals surface area contributed by atoms with Crippen LogP contribution in [0.2, 0.25) is 0 Å². The predicted molar refractivity (Wildman–Crippen MR) is 117 cm³/mol. The number of ether oxygens (including phenoxy) is 3. The molecule has 1 atom stereocenters. The molecule has 1 heterocycles. The lowest BCUT2D eigenvalue weighted by atomic mass is 10.1. The Bertz CT molecular complexity index is 1170. The van der Waals surface area contributed by atoms with Crippen LogP contribution in [0.3, 0.4) is 0 Å². The molecule has 0 aromatic heterocycles. The lowest BCUT2D eigenvalue weighted by molar-refractivity contribution is -0.136. The molecule has 4 rings (SSSR count). The molecule has 170 valence electrons. The summed E-state index contributed by atoms with van der Waals surface area (Å²) in [4.78, 5) is 26.2. The molecule has 0 bridgehead atoms. The van der Waals surface area contributed by atoms with Crippen LogP contribution in [0.25, 0.3) is 0 Å². The molecule has 7 nitrogen and oxygen atoms in total. The number of hydrogen-bond acceptors (Lipinski definition) is 5. The number of nitrogens with zero attached hydrogens (tertiary/aromatic N) is 1.